The normalized spacial score (nSPS) is 16.3. The molecule has 1 N–H and O–H groups in total. The van der Waals surface area contributed by atoms with Gasteiger partial charge in [0.1, 0.15) is 0 Å². The minimum atomic E-state index is -0.404. The van der Waals surface area contributed by atoms with Gasteiger partial charge in [-0.25, -0.2) is 4.79 Å². The number of oxazole rings is 1. The van der Waals surface area contributed by atoms with Gasteiger partial charge < -0.3 is 4.42 Å². The van der Waals surface area contributed by atoms with Crippen LogP contribution >= 0.6 is 0 Å². The van der Waals surface area contributed by atoms with Crippen molar-refractivity contribution in [3.8, 4) is 0 Å². The van der Waals surface area contributed by atoms with Gasteiger partial charge >= 0.3 is 5.76 Å². The highest BCUT2D eigenvalue weighted by atomic mass is 16.4. The highest BCUT2D eigenvalue weighted by Crippen LogP contribution is 2.25. The lowest BCUT2D eigenvalue weighted by Gasteiger charge is -2.11. The smallest absolute Gasteiger partial charge is 0.408 e. The molecule has 0 saturated carbocycles. The number of rotatable bonds is 0. The van der Waals surface area contributed by atoms with E-state index >= 15 is 0 Å². The molecule has 0 aromatic carbocycles. The molecule has 2 rings (SSSR count). The van der Waals surface area contributed by atoms with E-state index in [0.29, 0.717) is 5.76 Å². The maximum absolute atomic E-state index is 10.8. The van der Waals surface area contributed by atoms with Crippen LogP contribution in [0.5, 0.6) is 0 Å². The minimum Gasteiger partial charge on any atom is -0.408 e. The van der Waals surface area contributed by atoms with Crippen molar-refractivity contribution in [3.05, 3.63) is 34.2 Å². The first-order valence-corrected chi connectivity index (χ1v) is 5.18. The summed E-state index contributed by atoms with van der Waals surface area (Å²) < 4.78 is 4.93. The predicted octanol–water partition coefficient (Wildman–Crippen LogP) is 3.06. The van der Waals surface area contributed by atoms with Crippen LogP contribution in [0.4, 0.5) is 0 Å². The molecule has 0 aliphatic heterocycles. The molecule has 1 aromatic rings. The lowest BCUT2D eigenvalue weighted by molar-refractivity contribution is 0.506. The second kappa shape index (κ2) is 4.34. The monoisotopic (exact) mass is 207 g/mol. The molecule has 0 bridgehead atoms. The van der Waals surface area contributed by atoms with Gasteiger partial charge in [-0.3, -0.25) is 4.98 Å². The topological polar surface area (TPSA) is 46.0 Å². The first-order chi connectivity index (χ1) is 7.07. The average Bonchev–Trinajstić information content (AvgIpc) is 2.50. The van der Waals surface area contributed by atoms with E-state index in [0.717, 1.165) is 5.69 Å². The molecule has 0 fully saturated rings. The summed E-state index contributed by atoms with van der Waals surface area (Å²) in [6.07, 6.45) is 7.74. The Hall–Kier alpha value is -1.51. The molecule has 15 heavy (non-hydrogen) atoms. The molecule has 0 unspecified atom stereocenters. The Balaban J connectivity index is 0.000000531. The number of hydrogen-bond acceptors (Lipinski definition) is 2. The van der Waals surface area contributed by atoms with Gasteiger partial charge in [0.25, 0.3) is 0 Å². The van der Waals surface area contributed by atoms with E-state index in [1.807, 2.05) is 38.2 Å². The first-order valence-electron chi connectivity index (χ1n) is 5.18. The molecule has 1 aliphatic rings. The third-order valence-electron chi connectivity index (χ3n) is 2.05. The van der Waals surface area contributed by atoms with Crippen LogP contribution in [-0.4, -0.2) is 4.98 Å². The van der Waals surface area contributed by atoms with Gasteiger partial charge in [-0.2, -0.15) is 0 Å². The molecule has 0 atom stereocenters. The van der Waals surface area contributed by atoms with Crippen LogP contribution in [0.3, 0.4) is 0 Å². The van der Waals surface area contributed by atoms with Gasteiger partial charge in [-0.1, -0.05) is 39.8 Å². The fourth-order valence-corrected chi connectivity index (χ4v) is 1.24. The van der Waals surface area contributed by atoms with E-state index in [4.69, 9.17) is 4.42 Å². The van der Waals surface area contributed by atoms with Gasteiger partial charge in [0.05, 0.1) is 5.69 Å². The zero-order chi connectivity index (χ0) is 11.5. The van der Waals surface area contributed by atoms with Crippen molar-refractivity contribution in [1.29, 1.82) is 0 Å². The van der Waals surface area contributed by atoms with Crippen molar-refractivity contribution in [3.63, 3.8) is 0 Å². The number of fused-ring (bicyclic) bond motifs is 1. The van der Waals surface area contributed by atoms with Crippen LogP contribution < -0.4 is 5.76 Å². The molecule has 1 aromatic heterocycles. The van der Waals surface area contributed by atoms with Crippen LogP contribution in [0.2, 0.25) is 0 Å². The molecule has 82 valence electrons. The van der Waals surface area contributed by atoms with Crippen molar-refractivity contribution < 1.29 is 4.42 Å². The lowest BCUT2D eigenvalue weighted by Crippen LogP contribution is -2.01. The van der Waals surface area contributed by atoms with Gasteiger partial charge in [-0.05, 0) is 12.2 Å². The Kier molecular flexibility index (Phi) is 3.35. The summed E-state index contributed by atoms with van der Waals surface area (Å²) >= 11 is 0. The predicted molar refractivity (Wildman–Crippen MR) is 62.5 cm³/mol. The first kappa shape index (κ1) is 11.6. The molecule has 0 saturated heterocycles. The van der Waals surface area contributed by atoms with Crippen molar-refractivity contribution in [2.45, 2.75) is 27.7 Å². The fraction of sp³-hybridized carbons (Fsp3) is 0.417. The summed E-state index contributed by atoms with van der Waals surface area (Å²) in [5, 5.41) is 0. The van der Waals surface area contributed by atoms with E-state index in [1.165, 1.54) is 0 Å². The second-order valence-electron chi connectivity index (χ2n) is 3.78. The van der Waals surface area contributed by atoms with Crippen LogP contribution in [0.25, 0.3) is 12.2 Å². The van der Waals surface area contributed by atoms with E-state index in [1.54, 1.807) is 0 Å². The van der Waals surface area contributed by atoms with Gasteiger partial charge in [0.15, 0.2) is 5.76 Å². The molecule has 1 aliphatic carbocycles. The Morgan fingerprint density at radius 1 is 1.20 bits per heavy atom. The Bertz CT molecular complexity index is 396. The standard InChI is InChI=1S/C10H11NO2.C2H6/c1-10(2)5-3-7-8(4-6-10)13-9(12)11-7;1-2/h3-6H,1-2H3,(H,11,12);1-2H3. The summed E-state index contributed by atoms with van der Waals surface area (Å²) in [5.74, 6) is 0.200. The summed E-state index contributed by atoms with van der Waals surface area (Å²) in [5.41, 5.74) is 0.755. The molecule has 0 amide bonds. The highest BCUT2D eigenvalue weighted by Gasteiger charge is 2.14. The van der Waals surface area contributed by atoms with Crippen molar-refractivity contribution in [1.82, 2.24) is 4.98 Å². The Morgan fingerprint density at radius 3 is 2.47 bits per heavy atom. The number of allylic oxidation sites excluding steroid dienone is 2. The number of H-pyrrole nitrogens is 1. The van der Waals surface area contributed by atoms with Crippen LogP contribution in [0, 0.1) is 5.41 Å². The van der Waals surface area contributed by atoms with Crippen LogP contribution in [0.1, 0.15) is 39.1 Å². The summed E-state index contributed by atoms with van der Waals surface area (Å²) in [6, 6.07) is 0. The van der Waals surface area contributed by atoms with Gasteiger partial charge in [0.2, 0.25) is 0 Å². The second-order valence-corrected chi connectivity index (χ2v) is 3.78. The average molecular weight is 207 g/mol. The quantitative estimate of drug-likeness (QED) is 0.710. The summed E-state index contributed by atoms with van der Waals surface area (Å²) in [7, 11) is 0. The third kappa shape index (κ3) is 2.72. The molecular weight excluding hydrogens is 190 g/mol. The lowest BCUT2D eigenvalue weighted by atomic mass is 9.93. The summed E-state index contributed by atoms with van der Waals surface area (Å²) in [4.78, 5) is 13.5. The minimum absolute atomic E-state index is 0.0123. The van der Waals surface area contributed by atoms with Crippen molar-refractivity contribution in [2.75, 3.05) is 0 Å². The SMILES string of the molecule is CC.CC1(C)C=Cc2[nH]c(=O)oc2C=C1. The molecule has 0 spiro atoms. The highest BCUT2D eigenvalue weighted by molar-refractivity contribution is 5.62. The van der Waals surface area contributed by atoms with Gasteiger partial charge in [0, 0.05) is 5.41 Å². The summed E-state index contributed by atoms with van der Waals surface area (Å²) in [6.45, 7) is 8.17. The Morgan fingerprint density at radius 2 is 1.80 bits per heavy atom. The fourth-order valence-electron chi connectivity index (χ4n) is 1.24. The zero-order valence-electron chi connectivity index (χ0n) is 9.63. The number of aromatic nitrogens is 1. The molecule has 0 radical (unpaired) electrons. The number of hydrogen-bond donors (Lipinski definition) is 1. The molecule has 3 heteroatoms. The maximum Gasteiger partial charge on any atom is 0.417 e. The Labute approximate surface area is 89.5 Å². The number of aromatic amines is 1. The van der Waals surface area contributed by atoms with Crippen molar-refractivity contribution in [2.24, 2.45) is 5.41 Å². The van der Waals surface area contributed by atoms with Crippen LogP contribution in [0.15, 0.2) is 21.4 Å². The third-order valence-corrected chi connectivity index (χ3v) is 2.05. The maximum atomic E-state index is 10.8. The molecular formula is C12H17NO2. The molecule has 3 nitrogen and oxygen atoms in total. The molecule has 1 heterocycles. The van der Waals surface area contributed by atoms with E-state index in [9.17, 15) is 4.79 Å². The zero-order valence-corrected chi connectivity index (χ0v) is 9.63. The number of nitrogens with one attached hydrogen (secondary N) is 1. The van der Waals surface area contributed by atoms with Crippen molar-refractivity contribution >= 4 is 12.2 Å². The van der Waals surface area contributed by atoms with Gasteiger partial charge in [-0.15, -0.1) is 0 Å². The van der Waals surface area contributed by atoms with E-state index < -0.39 is 5.76 Å². The largest absolute Gasteiger partial charge is 0.417 e. The van der Waals surface area contributed by atoms with Crippen LogP contribution in [-0.2, 0) is 0 Å². The van der Waals surface area contributed by atoms with E-state index in [-0.39, 0.29) is 5.41 Å². The van der Waals surface area contributed by atoms with E-state index in [2.05, 4.69) is 18.8 Å².